The minimum Gasteiger partial charge on any atom is -0.467 e. The van der Waals surface area contributed by atoms with Crippen LogP contribution in [0.25, 0.3) is 16.7 Å². The van der Waals surface area contributed by atoms with Crippen molar-refractivity contribution in [3.05, 3.63) is 100 Å². The monoisotopic (exact) mass is 415 g/mol. The van der Waals surface area contributed by atoms with Crippen LogP contribution in [0, 0.1) is 5.41 Å². The Kier molecular flexibility index (Phi) is 4.47. The van der Waals surface area contributed by atoms with Gasteiger partial charge in [0, 0.05) is 6.20 Å². The lowest BCUT2D eigenvalue weighted by atomic mass is 10.2. The van der Waals surface area contributed by atoms with Crippen LogP contribution in [0.15, 0.2) is 80.9 Å². The summed E-state index contributed by atoms with van der Waals surface area (Å²) in [6.45, 7) is 0.313. The Morgan fingerprint density at radius 2 is 1.84 bits per heavy atom. The first-order valence-corrected chi connectivity index (χ1v) is 9.54. The molecule has 9 nitrogen and oxygen atoms in total. The highest BCUT2D eigenvalue weighted by molar-refractivity contribution is 5.96. The lowest BCUT2D eigenvalue weighted by molar-refractivity contribution is 0.0945. The number of hydrogen-bond acceptors (Lipinski definition) is 6. The van der Waals surface area contributed by atoms with Gasteiger partial charge in [0.25, 0.3) is 11.5 Å². The van der Waals surface area contributed by atoms with Crippen molar-refractivity contribution >= 4 is 22.6 Å². The predicted octanol–water partition coefficient (Wildman–Crippen LogP) is 2.29. The summed E-state index contributed by atoms with van der Waals surface area (Å²) in [5.74, 6) is 0.661. The number of nitrogens with zero attached hydrogens (tertiary/aromatic N) is 3. The molecule has 0 radical (unpaired) electrons. The summed E-state index contributed by atoms with van der Waals surface area (Å²) in [7, 11) is 0. The predicted molar refractivity (Wildman–Crippen MR) is 111 cm³/mol. The molecule has 2 N–H and O–H groups in total. The molecule has 0 aliphatic heterocycles. The number of fused-ring (bicyclic) bond motifs is 2. The molecule has 0 aromatic carbocycles. The summed E-state index contributed by atoms with van der Waals surface area (Å²) in [5.41, 5.74) is 0.407. The van der Waals surface area contributed by atoms with Gasteiger partial charge in [0.05, 0.1) is 36.6 Å². The van der Waals surface area contributed by atoms with Crippen molar-refractivity contribution in [3.8, 4) is 0 Å². The van der Waals surface area contributed by atoms with E-state index in [0.29, 0.717) is 22.8 Å². The maximum atomic E-state index is 13.2. The number of nitrogens with one attached hydrogen (secondary N) is 2. The van der Waals surface area contributed by atoms with Gasteiger partial charge in [-0.1, -0.05) is 6.07 Å². The Morgan fingerprint density at radius 1 is 1.06 bits per heavy atom. The van der Waals surface area contributed by atoms with Crippen molar-refractivity contribution in [1.82, 2.24) is 19.3 Å². The molecule has 0 fully saturated rings. The van der Waals surface area contributed by atoms with Crippen molar-refractivity contribution < 1.29 is 13.6 Å². The van der Waals surface area contributed by atoms with Crippen LogP contribution in [0.1, 0.15) is 21.9 Å². The third kappa shape index (κ3) is 3.31. The van der Waals surface area contributed by atoms with Crippen molar-refractivity contribution in [2.45, 2.75) is 13.1 Å². The molecule has 5 aromatic heterocycles. The molecule has 1 amide bonds. The average Bonchev–Trinajstić information content (AvgIpc) is 3.48. The van der Waals surface area contributed by atoms with Gasteiger partial charge in [-0.25, -0.2) is 4.98 Å². The van der Waals surface area contributed by atoms with Crippen LogP contribution in [0.5, 0.6) is 0 Å². The van der Waals surface area contributed by atoms with Crippen LogP contribution in [-0.2, 0) is 13.1 Å². The number of pyridine rings is 2. The second-order valence-corrected chi connectivity index (χ2v) is 6.92. The number of carbonyl (C=O) groups excluding carboxylic acids is 1. The Labute approximate surface area is 174 Å². The molecular weight excluding hydrogens is 398 g/mol. The van der Waals surface area contributed by atoms with Gasteiger partial charge < -0.3 is 18.7 Å². The largest absolute Gasteiger partial charge is 0.467 e. The van der Waals surface area contributed by atoms with E-state index in [4.69, 9.17) is 14.2 Å². The molecule has 5 heterocycles. The lowest BCUT2D eigenvalue weighted by Gasteiger charge is -2.14. The maximum absolute atomic E-state index is 13.2. The Hall–Kier alpha value is -4.40. The summed E-state index contributed by atoms with van der Waals surface area (Å²) < 4.78 is 13.6. The zero-order valence-corrected chi connectivity index (χ0v) is 16.2. The molecule has 0 atom stereocenters. The summed E-state index contributed by atoms with van der Waals surface area (Å²) in [5, 5.41) is 11.6. The Bertz CT molecular complexity index is 1510. The molecule has 0 unspecified atom stereocenters. The van der Waals surface area contributed by atoms with Gasteiger partial charge in [-0.15, -0.1) is 0 Å². The minimum atomic E-state index is -0.492. The van der Waals surface area contributed by atoms with Crippen molar-refractivity contribution in [1.29, 1.82) is 5.41 Å². The molecule has 0 saturated heterocycles. The zero-order chi connectivity index (χ0) is 21.4. The fourth-order valence-corrected chi connectivity index (χ4v) is 3.45. The Morgan fingerprint density at radius 3 is 2.58 bits per heavy atom. The first kappa shape index (κ1) is 18.6. The molecule has 0 bridgehead atoms. The van der Waals surface area contributed by atoms with Crippen molar-refractivity contribution in [2.75, 3.05) is 0 Å². The number of rotatable bonds is 5. The van der Waals surface area contributed by atoms with Gasteiger partial charge in [0.1, 0.15) is 28.3 Å². The standard InChI is InChI=1S/C22H17N5O4/c23-19-16(21(28)24-12-14-5-3-9-30-14)11-17-20(27(19)13-15-6-4-10-31-15)25-18-7-1-2-8-26(18)22(17)29/h1-11,23H,12-13H2,(H,24,28). The van der Waals surface area contributed by atoms with Crippen molar-refractivity contribution in [3.63, 3.8) is 0 Å². The fourth-order valence-electron chi connectivity index (χ4n) is 3.45. The molecule has 154 valence electrons. The SMILES string of the molecule is N=c1c(C(=O)NCc2ccco2)cc2c(=O)n3ccccc3nc2n1Cc1ccco1. The second-order valence-electron chi connectivity index (χ2n) is 6.92. The van der Waals surface area contributed by atoms with Gasteiger partial charge >= 0.3 is 0 Å². The highest BCUT2D eigenvalue weighted by Crippen LogP contribution is 2.13. The molecule has 5 rings (SSSR count). The summed E-state index contributed by atoms with van der Waals surface area (Å²) in [6, 6.07) is 13.6. The number of carbonyl (C=O) groups is 1. The third-order valence-electron chi connectivity index (χ3n) is 4.96. The second kappa shape index (κ2) is 7.45. The lowest BCUT2D eigenvalue weighted by Crippen LogP contribution is -2.35. The normalized spacial score (nSPS) is 11.2. The van der Waals surface area contributed by atoms with E-state index >= 15 is 0 Å². The molecule has 0 spiro atoms. The highest BCUT2D eigenvalue weighted by Gasteiger charge is 2.18. The minimum absolute atomic E-state index is 0.0559. The molecule has 9 heteroatoms. The van der Waals surface area contributed by atoms with E-state index in [2.05, 4.69) is 10.3 Å². The quantitative estimate of drug-likeness (QED) is 0.427. The van der Waals surface area contributed by atoms with E-state index in [1.54, 1.807) is 48.7 Å². The van der Waals surface area contributed by atoms with Gasteiger partial charge in [0.15, 0.2) is 0 Å². The first-order chi connectivity index (χ1) is 15.1. The molecular formula is C22H17N5O4. The van der Waals surface area contributed by atoms with Crippen LogP contribution in [0.3, 0.4) is 0 Å². The third-order valence-corrected chi connectivity index (χ3v) is 4.96. The van der Waals surface area contributed by atoms with Gasteiger partial charge in [-0.3, -0.25) is 19.4 Å². The number of hydrogen-bond donors (Lipinski definition) is 2. The highest BCUT2D eigenvalue weighted by atomic mass is 16.3. The number of aromatic nitrogens is 3. The van der Waals surface area contributed by atoms with Gasteiger partial charge in [-0.05, 0) is 42.5 Å². The van der Waals surface area contributed by atoms with Crippen LogP contribution >= 0.6 is 0 Å². The van der Waals surface area contributed by atoms with Crippen LogP contribution in [0.2, 0.25) is 0 Å². The average molecular weight is 415 g/mol. The van der Waals surface area contributed by atoms with E-state index in [1.165, 1.54) is 27.6 Å². The van der Waals surface area contributed by atoms with Gasteiger partial charge in [-0.2, -0.15) is 0 Å². The Balaban J connectivity index is 1.70. The topological polar surface area (TPSA) is 119 Å². The first-order valence-electron chi connectivity index (χ1n) is 9.54. The van der Waals surface area contributed by atoms with E-state index in [9.17, 15) is 9.59 Å². The molecule has 5 aromatic rings. The number of amides is 1. The molecule has 0 aliphatic carbocycles. The maximum Gasteiger partial charge on any atom is 0.267 e. The summed E-state index contributed by atoms with van der Waals surface area (Å²) >= 11 is 0. The van der Waals surface area contributed by atoms with E-state index in [1.807, 2.05) is 0 Å². The summed E-state index contributed by atoms with van der Waals surface area (Å²) in [6.07, 6.45) is 4.66. The van der Waals surface area contributed by atoms with E-state index in [-0.39, 0.29) is 35.1 Å². The van der Waals surface area contributed by atoms with E-state index in [0.717, 1.165) is 0 Å². The number of furan rings is 2. The smallest absolute Gasteiger partial charge is 0.267 e. The van der Waals surface area contributed by atoms with Crippen LogP contribution < -0.4 is 16.4 Å². The van der Waals surface area contributed by atoms with Crippen LogP contribution in [0.4, 0.5) is 0 Å². The molecule has 0 saturated carbocycles. The summed E-state index contributed by atoms with van der Waals surface area (Å²) in [4.78, 5) is 30.6. The van der Waals surface area contributed by atoms with Crippen molar-refractivity contribution in [2.24, 2.45) is 0 Å². The molecule has 0 aliphatic rings. The molecule has 31 heavy (non-hydrogen) atoms. The zero-order valence-electron chi connectivity index (χ0n) is 16.2. The fraction of sp³-hybridized carbons (Fsp3) is 0.0909. The van der Waals surface area contributed by atoms with E-state index < -0.39 is 5.91 Å². The van der Waals surface area contributed by atoms with Gasteiger partial charge in [0.2, 0.25) is 0 Å². The van der Waals surface area contributed by atoms with Crippen LogP contribution in [-0.4, -0.2) is 19.9 Å².